The third-order valence-electron chi connectivity index (χ3n) is 3.58. The zero-order valence-corrected chi connectivity index (χ0v) is 12.7. The lowest BCUT2D eigenvalue weighted by atomic mass is 9.99. The SMILES string of the molecule is NC(CCc1ccccc1)CC(c1ccccc1)S(=O)O. The van der Waals surface area contributed by atoms with Gasteiger partial charge in [0.1, 0.15) is 0 Å². The molecule has 0 saturated carbocycles. The molecule has 2 aromatic carbocycles. The molecule has 0 aliphatic heterocycles. The Morgan fingerprint density at radius 1 is 1.00 bits per heavy atom. The summed E-state index contributed by atoms with van der Waals surface area (Å²) in [6, 6.07) is 19.5. The summed E-state index contributed by atoms with van der Waals surface area (Å²) in [6.45, 7) is 0. The second-order valence-corrected chi connectivity index (χ2v) is 6.32. The Bertz CT molecular complexity index is 560. The predicted octanol–water partition coefficient (Wildman–Crippen LogP) is 3.30. The van der Waals surface area contributed by atoms with E-state index in [9.17, 15) is 8.76 Å². The van der Waals surface area contributed by atoms with Gasteiger partial charge in [-0.1, -0.05) is 60.7 Å². The van der Waals surface area contributed by atoms with E-state index in [1.807, 2.05) is 48.5 Å². The molecule has 0 fully saturated rings. The van der Waals surface area contributed by atoms with Crippen LogP contribution in [0.3, 0.4) is 0 Å². The fourth-order valence-electron chi connectivity index (χ4n) is 2.39. The van der Waals surface area contributed by atoms with Crippen LogP contribution in [0.15, 0.2) is 60.7 Å². The van der Waals surface area contributed by atoms with E-state index in [1.165, 1.54) is 5.56 Å². The predicted molar refractivity (Wildman–Crippen MR) is 87.3 cm³/mol. The summed E-state index contributed by atoms with van der Waals surface area (Å²) >= 11 is -1.90. The van der Waals surface area contributed by atoms with Crippen LogP contribution in [0.25, 0.3) is 0 Å². The van der Waals surface area contributed by atoms with Gasteiger partial charge in [0.05, 0.1) is 5.25 Å². The van der Waals surface area contributed by atoms with Crippen molar-refractivity contribution in [2.75, 3.05) is 0 Å². The van der Waals surface area contributed by atoms with Crippen LogP contribution >= 0.6 is 0 Å². The Balaban J connectivity index is 1.93. The van der Waals surface area contributed by atoms with Gasteiger partial charge in [0.2, 0.25) is 0 Å². The highest BCUT2D eigenvalue weighted by Crippen LogP contribution is 2.24. The van der Waals surface area contributed by atoms with E-state index in [1.54, 1.807) is 0 Å². The molecular formula is C17H21NO2S. The van der Waals surface area contributed by atoms with Crippen LogP contribution in [0.5, 0.6) is 0 Å². The van der Waals surface area contributed by atoms with Crippen LogP contribution in [0.1, 0.15) is 29.2 Å². The van der Waals surface area contributed by atoms with E-state index in [-0.39, 0.29) is 6.04 Å². The second kappa shape index (κ2) is 8.08. The van der Waals surface area contributed by atoms with Crippen molar-refractivity contribution in [2.45, 2.75) is 30.6 Å². The third kappa shape index (κ3) is 5.08. The molecule has 0 amide bonds. The molecule has 0 saturated heterocycles. The second-order valence-electron chi connectivity index (χ2n) is 5.20. The third-order valence-corrected chi connectivity index (χ3v) is 4.53. The molecule has 3 nitrogen and oxygen atoms in total. The van der Waals surface area contributed by atoms with Gasteiger partial charge in [-0.15, -0.1) is 0 Å². The fourth-order valence-corrected chi connectivity index (χ4v) is 3.19. The standard InChI is InChI=1S/C17H21NO2S/c18-16(12-11-14-7-3-1-4-8-14)13-17(21(19)20)15-9-5-2-6-10-15/h1-10,16-17H,11-13,18H2,(H,19,20). The van der Waals surface area contributed by atoms with Gasteiger partial charge in [-0.2, -0.15) is 0 Å². The Morgan fingerprint density at radius 3 is 2.14 bits per heavy atom. The van der Waals surface area contributed by atoms with Gasteiger partial charge in [0.15, 0.2) is 11.1 Å². The van der Waals surface area contributed by atoms with E-state index >= 15 is 0 Å². The highest BCUT2D eigenvalue weighted by atomic mass is 32.2. The lowest BCUT2D eigenvalue weighted by Crippen LogP contribution is -2.25. The van der Waals surface area contributed by atoms with Crippen molar-refractivity contribution in [3.05, 3.63) is 71.8 Å². The number of benzene rings is 2. The molecule has 2 aromatic rings. The van der Waals surface area contributed by atoms with Crippen molar-refractivity contribution in [3.63, 3.8) is 0 Å². The monoisotopic (exact) mass is 303 g/mol. The molecule has 21 heavy (non-hydrogen) atoms. The van der Waals surface area contributed by atoms with E-state index in [2.05, 4.69) is 12.1 Å². The number of hydrogen-bond donors (Lipinski definition) is 2. The average molecular weight is 303 g/mol. The van der Waals surface area contributed by atoms with Crippen LogP contribution in [0, 0.1) is 0 Å². The van der Waals surface area contributed by atoms with Gasteiger partial charge in [0, 0.05) is 6.04 Å². The molecule has 0 radical (unpaired) electrons. The van der Waals surface area contributed by atoms with Crippen LogP contribution in [-0.4, -0.2) is 14.8 Å². The zero-order chi connectivity index (χ0) is 15.1. The zero-order valence-electron chi connectivity index (χ0n) is 11.9. The summed E-state index contributed by atoms with van der Waals surface area (Å²) in [4.78, 5) is 0. The lowest BCUT2D eigenvalue weighted by molar-refractivity contribution is 0.511. The smallest absolute Gasteiger partial charge is 0.160 e. The summed E-state index contributed by atoms with van der Waals surface area (Å²) in [5.41, 5.74) is 8.27. The van der Waals surface area contributed by atoms with E-state index in [0.29, 0.717) is 6.42 Å². The summed E-state index contributed by atoms with van der Waals surface area (Å²) < 4.78 is 21.1. The molecule has 0 bridgehead atoms. The molecular weight excluding hydrogens is 282 g/mol. The first-order valence-corrected chi connectivity index (χ1v) is 8.28. The number of rotatable bonds is 7. The molecule has 2 rings (SSSR count). The summed E-state index contributed by atoms with van der Waals surface area (Å²) in [5, 5.41) is -0.419. The highest BCUT2D eigenvalue weighted by molar-refractivity contribution is 7.79. The van der Waals surface area contributed by atoms with Crippen molar-refractivity contribution >= 4 is 11.1 Å². The fraction of sp³-hybridized carbons (Fsp3) is 0.294. The molecule has 0 aliphatic rings. The van der Waals surface area contributed by atoms with E-state index in [4.69, 9.17) is 5.73 Å². The molecule has 0 aromatic heterocycles. The molecule has 0 heterocycles. The molecule has 3 N–H and O–H groups in total. The molecule has 0 aliphatic carbocycles. The molecule has 3 unspecified atom stereocenters. The van der Waals surface area contributed by atoms with E-state index in [0.717, 1.165) is 18.4 Å². The van der Waals surface area contributed by atoms with Gasteiger partial charge >= 0.3 is 0 Å². The number of nitrogens with two attached hydrogens (primary N) is 1. The highest BCUT2D eigenvalue weighted by Gasteiger charge is 2.20. The minimum absolute atomic E-state index is 0.0912. The Labute approximate surface area is 128 Å². The Kier molecular flexibility index (Phi) is 6.11. The van der Waals surface area contributed by atoms with Crippen molar-refractivity contribution in [3.8, 4) is 0 Å². The first-order chi connectivity index (χ1) is 10.2. The summed E-state index contributed by atoms with van der Waals surface area (Å²) in [6.07, 6.45) is 2.21. The van der Waals surface area contributed by atoms with Crippen LogP contribution < -0.4 is 5.73 Å². The van der Waals surface area contributed by atoms with Gasteiger partial charge in [0.25, 0.3) is 0 Å². The maximum Gasteiger partial charge on any atom is 0.160 e. The van der Waals surface area contributed by atoms with Crippen molar-refractivity contribution in [2.24, 2.45) is 5.73 Å². The van der Waals surface area contributed by atoms with Gasteiger partial charge in [-0.3, -0.25) is 0 Å². The minimum atomic E-state index is -1.90. The molecule has 3 atom stereocenters. The molecule has 0 spiro atoms. The topological polar surface area (TPSA) is 63.3 Å². The van der Waals surface area contributed by atoms with Crippen LogP contribution in [-0.2, 0) is 17.5 Å². The van der Waals surface area contributed by atoms with Gasteiger partial charge in [-0.25, -0.2) is 4.21 Å². The maximum atomic E-state index is 11.6. The van der Waals surface area contributed by atoms with Crippen molar-refractivity contribution in [1.82, 2.24) is 0 Å². The minimum Gasteiger partial charge on any atom is -0.328 e. The Morgan fingerprint density at radius 2 is 1.57 bits per heavy atom. The van der Waals surface area contributed by atoms with Crippen LogP contribution in [0.2, 0.25) is 0 Å². The van der Waals surface area contributed by atoms with E-state index < -0.39 is 16.3 Å². The van der Waals surface area contributed by atoms with Gasteiger partial charge in [-0.05, 0) is 30.4 Å². The Hall–Kier alpha value is -1.49. The molecule has 4 heteroatoms. The van der Waals surface area contributed by atoms with Crippen molar-refractivity contribution < 1.29 is 8.76 Å². The quantitative estimate of drug-likeness (QED) is 0.771. The van der Waals surface area contributed by atoms with Gasteiger partial charge < -0.3 is 10.3 Å². The average Bonchev–Trinajstić information content (AvgIpc) is 2.52. The largest absolute Gasteiger partial charge is 0.328 e. The van der Waals surface area contributed by atoms with Crippen molar-refractivity contribution in [1.29, 1.82) is 0 Å². The lowest BCUT2D eigenvalue weighted by Gasteiger charge is -2.18. The first kappa shape index (κ1) is 15.9. The summed E-state index contributed by atoms with van der Waals surface area (Å²) in [5.74, 6) is 0. The first-order valence-electron chi connectivity index (χ1n) is 7.11. The summed E-state index contributed by atoms with van der Waals surface area (Å²) in [7, 11) is 0. The molecule has 112 valence electrons. The van der Waals surface area contributed by atoms with Crippen LogP contribution in [0.4, 0.5) is 0 Å². The number of hydrogen-bond acceptors (Lipinski definition) is 2. The number of aryl methyl sites for hydroxylation is 1. The maximum absolute atomic E-state index is 11.6. The normalized spacial score (nSPS) is 15.3.